The van der Waals surface area contributed by atoms with Crippen molar-refractivity contribution in [1.82, 2.24) is 19.7 Å². The van der Waals surface area contributed by atoms with Crippen molar-refractivity contribution in [1.29, 1.82) is 0 Å². The Morgan fingerprint density at radius 1 is 1.29 bits per heavy atom. The van der Waals surface area contributed by atoms with Crippen molar-refractivity contribution in [3.8, 4) is 5.82 Å². The van der Waals surface area contributed by atoms with E-state index in [0.717, 1.165) is 32.4 Å². The highest BCUT2D eigenvalue weighted by molar-refractivity contribution is 5.94. The lowest BCUT2D eigenvalue weighted by Crippen LogP contribution is -2.35. The third-order valence-electron chi connectivity index (χ3n) is 3.97. The third kappa shape index (κ3) is 4.34. The average Bonchev–Trinajstić information content (AvgIpc) is 3.00. The minimum absolute atomic E-state index is 0.00214. The highest BCUT2D eigenvalue weighted by atomic mass is 16.2. The summed E-state index contributed by atoms with van der Waals surface area (Å²) in [4.78, 5) is 30.5. The molecule has 0 bridgehead atoms. The number of nitrogens with one attached hydrogen (secondary N) is 1. The standard InChI is InChI=1S/C18H26N4O2/c1-4-6-14(3)13-21(11-5-2)18(24)15-7-8-16(19-12-15)22-17(23)9-10-20-22/h7-10,12,14,20H,4-6,11,13H2,1-3H3. The molecular weight excluding hydrogens is 304 g/mol. The predicted octanol–water partition coefficient (Wildman–Crippen LogP) is 2.85. The number of aromatic amines is 1. The Morgan fingerprint density at radius 3 is 2.62 bits per heavy atom. The van der Waals surface area contributed by atoms with Crippen LogP contribution in [-0.2, 0) is 0 Å². The molecule has 0 spiro atoms. The van der Waals surface area contributed by atoms with E-state index < -0.39 is 0 Å². The molecule has 0 fully saturated rings. The van der Waals surface area contributed by atoms with E-state index >= 15 is 0 Å². The number of rotatable bonds is 8. The van der Waals surface area contributed by atoms with Crippen LogP contribution in [0.4, 0.5) is 0 Å². The van der Waals surface area contributed by atoms with E-state index in [2.05, 4.69) is 30.9 Å². The van der Waals surface area contributed by atoms with Crippen molar-refractivity contribution < 1.29 is 4.79 Å². The van der Waals surface area contributed by atoms with Gasteiger partial charge in [-0.25, -0.2) is 9.67 Å². The summed E-state index contributed by atoms with van der Waals surface area (Å²) in [5.41, 5.74) is 0.373. The van der Waals surface area contributed by atoms with Crippen LogP contribution in [0.25, 0.3) is 5.82 Å². The molecule has 130 valence electrons. The monoisotopic (exact) mass is 330 g/mol. The van der Waals surface area contributed by atoms with Crippen molar-refractivity contribution in [3.05, 3.63) is 46.5 Å². The molecule has 24 heavy (non-hydrogen) atoms. The Hall–Kier alpha value is -2.37. The molecule has 0 aliphatic rings. The zero-order chi connectivity index (χ0) is 17.5. The third-order valence-corrected chi connectivity index (χ3v) is 3.97. The maximum absolute atomic E-state index is 12.7. The number of carbonyl (C=O) groups excluding carboxylic acids is 1. The summed E-state index contributed by atoms with van der Waals surface area (Å²) in [6.45, 7) is 7.92. The fourth-order valence-corrected chi connectivity index (χ4v) is 2.83. The Balaban J connectivity index is 2.14. The quantitative estimate of drug-likeness (QED) is 0.809. The average molecular weight is 330 g/mol. The van der Waals surface area contributed by atoms with Gasteiger partial charge in [0.25, 0.3) is 11.5 Å². The van der Waals surface area contributed by atoms with Gasteiger partial charge in [-0.05, 0) is 30.9 Å². The Kier molecular flexibility index (Phi) is 6.35. The van der Waals surface area contributed by atoms with Crippen LogP contribution in [0.3, 0.4) is 0 Å². The molecule has 0 radical (unpaired) electrons. The minimum atomic E-state index is -0.178. The topological polar surface area (TPSA) is 71.0 Å². The van der Waals surface area contributed by atoms with Crippen LogP contribution < -0.4 is 5.56 Å². The van der Waals surface area contributed by atoms with Gasteiger partial charge >= 0.3 is 0 Å². The number of hydrogen-bond acceptors (Lipinski definition) is 3. The number of carbonyl (C=O) groups is 1. The van der Waals surface area contributed by atoms with Gasteiger partial charge in [0.1, 0.15) is 0 Å². The number of pyridine rings is 1. The van der Waals surface area contributed by atoms with Gasteiger partial charge in [-0.2, -0.15) is 0 Å². The van der Waals surface area contributed by atoms with Crippen LogP contribution in [0.1, 0.15) is 50.4 Å². The second kappa shape index (κ2) is 8.47. The Morgan fingerprint density at radius 2 is 2.08 bits per heavy atom. The zero-order valence-electron chi connectivity index (χ0n) is 14.7. The maximum atomic E-state index is 12.7. The van der Waals surface area contributed by atoms with Gasteiger partial charge in [-0.15, -0.1) is 0 Å². The SMILES string of the molecule is CCCC(C)CN(CCC)C(=O)c1ccc(-n2[nH]ccc2=O)nc1. The molecule has 2 aromatic heterocycles. The van der Waals surface area contributed by atoms with Crippen molar-refractivity contribution in [2.24, 2.45) is 5.92 Å². The molecule has 1 atom stereocenters. The zero-order valence-corrected chi connectivity index (χ0v) is 14.7. The molecule has 0 saturated heterocycles. The molecule has 1 amide bonds. The summed E-state index contributed by atoms with van der Waals surface area (Å²) < 4.78 is 1.33. The highest BCUT2D eigenvalue weighted by Crippen LogP contribution is 2.12. The van der Waals surface area contributed by atoms with Crippen molar-refractivity contribution >= 4 is 5.91 Å². The second-order valence-electron chi connectivity index (χ2n) is 6.19. The maximum Gasteiger partial charge on any atom is 0.272 e. The molecule has 2 aromatic rings. The lowest BCUT2D eigenvalue weighted by molar-refractivity contribution is 0.0729. The van der Waals surface area contributed by atoms with Gasteiger partial charge in [-0.3, -0.25) is 14.7 Å². The molecule has 0 saturated carbocycles. The summed E-state index contributed by atoms with van der Waals surface area (Å²) in [7, 11) is 0. The van der Waals surface area contributed by atoms with Crippen molar-refractivity contribution in [3.63, 3.8) is 0 Å². The molecule has 1 unspecified atom stereocenters. The number of amides is 1. The van der Waals surface area contributed by atoms with Crippen molar-refractivity contribution in [2.45, 2.75) is 40.0 Å². The summed E-state index contributed by atoms with van der Waals surface area (Å²) >= 11 is 0. The summed E-state index contributed by atoms with van der Waals surface area (Å²) in [5, 5.41) is 2.80. The van der Waals surface area contributed by atoms with Crippen LogP contribution in [-0.4, -0.2) is 38.7 Å². The first-order chi connectivity index (χ1) is 11.6. The fourth-order valence-electron chi connectivity index (χ4n) is 2.83. The lowest BCUT2D eigenvalue weighted by Gasteiger charge is -2.25. The summed E-state index contributed by atoms with van der Waals surface area (Å²) in [5.74, 6) is 0.954. The van der Waals surface area contributed by atoms with Crippen LogP contribution in [0, 0.1) is 5.92 Å². The Labute approximate surface area is 142 Å². The van der Waals surface area contributed by atoms with Gasteiger partial charge in [0.2, 0.25) is 0 Å². The van der Waals surface area contributed by atoms with Gasteiger partial charge in [-0.1, -0.05) is 27.2 Å². The van der Waals surface area contributed by atoms with E-state index in [-0.39, 0.29) is 11.5 Å². The summed E-state index contributed by atoms with van der Waals surface area (Å²) in [6.07, 6.45) is 6.25. The van der Waals surface area contributed by atoms with Gasteiger partial charge in [0, 0.05) is 31.5 Å². The van der Waals surface area contributed by atoms with Crippen LogP contribution in [0.15, 0.2) is 35.4 Å². The normalized spacial score (nSPS) is 12.1. The first-order valence-electron chi connectivity index (χ1n) is 8.59. The van der Waals surface area contributed by atoms with E-state index in [1.807, 2.05) is 4.90 Å². The number of H-pyrrole nitrogens is 1. The van der Waals surface area contributed by atoms with Gasteiger partial charge < -0.3 is 4.90 Å². The van der Waals surface area contributed by atoms with Gasteiger partial charge in [0.05, 0.1) is 5.56 Å². The van der Waals surface area contributed by atoms with Crippen LogP contribution >= 0.6 is 0 Å². The number of hydrogen-bond donors (Lipinski definition) is 1. The minimum Gasteiger partial charge on any atom is -0.338 e. The number of aromatic nitrogens is 3. The number of nitrogens with zero attached hydrogens (tertiary/aromatic N) is 3. The van der Waals surface area contributed by atoms with E-state index in [9.17, 15) is 9.59 Å². The molecule has 1 N–H and O–H groups in total. The molecule has 2 heterocycles. The molecule has 0 aliphatic carbocycles. The lowest BCUT2D eigenvalue weighted by atomic mass is 10.1. The highest BCUT2D eigenvalue weighted by Gasteiger charge is 2.18. The smallest absolute Gasteiger partial charge is 0.272 e. The van der Waals surface area contributed by atoms with E-state index in [4.69, 9.17) is 0 Å². The largest absolute Gasteiger partial charge is 0.338 e. The molecule has 2 rings (SSSR count). The Bertz CT molecular complexity index is 702. The first-order valence-corrected chi connectivity index (χ1v) is 8.59. The second-order valence-corrected chi connectivity index (χ2v) is 6.19. The fraction of sp³-hybridized carbons (Fsp3) is 0.500. The first kappa shape index (κ1) is 18.0. The molecule has 0 aliphatic heterocycles. The molecule has 6 heteroatoms. The summed E-state index contributed by atoms with van der Waals surface area (Å²) in [6, 6.07) is 4.84. The van der Waals surface area contributed by atoms with Crippen LogP contribution in [0.5, 0.6) is 0 Å². The molecular formula is C18H26N4O2. The van der Waals surface area contributed by atoms with E-state index in [1.54, 1.807) is 18.3 Å². The molecule has 6 nitrogen and oxygen atoms in total. The predicted molar refractivity (Wildman–Crippen MR) is 94.5 cm³/mol. The van der Waals surface area contributed by atoms with Crippen LogP contribution in [0.2, 0.25) is 0 Å². The molecule has 0 aromatic carbocycles. The van der Waals surface area contributed by atoms with Gasteiger partial charge in [0.15, 0.2) is 5.82 Å². The van der Waals surface area contributed by atoms with E-state index in [0.29, 0.717) is 17.3 Å². The van der Waals surface area contributed by atoms with E-state index in [1.165, 1.54) is 16.9 Å². The van der Waals surface area contributed by atoms with Crippen molar-refractivity contribution in [2.75, 3.05) is 13.1 Å².